The molecule has 0 saturated carbocycles. The Kier molecular flexibility index (Phi) is 9.59. The van der Waals surface area contributed by atoms with Crippen molar-refractivity contribution in [3.63, 3.8) is 0 Å². The topological polar surface area (TPSA) is 139 Å². The molecular weight excluding hydrogens is 548 g/mol. The highest BCUT2D eigenvalue weighted by Crippen LogP contribution is 2.35. The lowest BCUT2D eigenvalue weighted by Gasteiger charge is -2.16. The van der Waals surface area contributed by atoms with E-state index in [1.54, 1.807) is 68.6 Å². The maximum absolute atomic E-state index is 13.4. The van der Waals surface area contributed by atoms with Crippen LogP contribution in [-0.2, 0) is 14.3 Å². The zero-order chi connectivity index (χ0) is 29.4. The first-order valence-electron chi connectivity index (χ1n) is 12.5. The number of nitrogens with one attached hydrogen (secondary N) is 1. The summed E-state index contributed by atoms with van der Waals surface area (Å²) in [5.41, 5.74) is 2.01. The predicted molar refractivity (Wildman–Crippen MR) is 157 cm³/mol. The summed E-state index contributed by atoms with van der Waals surface area (Å²) in [5, 5.41) is 20.4. The van der Waals surface area contributed by atoms with E-state index < -0.39 is 11.2 Å². The van der Waals surface area contributed by atoms with Crippen molar-refractivity contribution in [2.45, 2.75) is 18.6 Å². The van der Waals surface area contributed by atoms with Crippen molar-refractivity contribution >= 4 is 52.3 Å². The highest BCUT2D eigenvalue weighted by Gasteiger charge is 2.40. The molecule has 1 aliphatic heterocycles. The Morgan fingerprint density at radius 2 is 1.73 bits per heavy atom. The number of thioether (sulfide) groups is 1. The molecule has 0 aliphatic carbocycles. The number of carbonyl (C=O) groups is 3. The molecule has 1 fully saturated rings. The van der Waals surface area contributed by atoms with Gasteiger partial charge in [0.05, 0.1) is 38.3 Å². The second-order valence-corrected chi connectivity index (χ2v) is 9.76. The third-order valence-electron chi connectivity index (χ3n) is 5.85. The number of phenols is 1. The summed E-state index contributed by atoms with van der Waals surface area (Å²) < 4.78 is 15.5. The normalized spacial score (nSPS) is 15.8. The molecule has 41 heavy (non-hydrogen) atoms. The van der Waals surface area contributed by atoms with Crippen molar-refractivity contribution < 1.29 is 33.7 Å². The van der Waals surface area contributed by atoms with Gasteiger partial charge in [-0.1, -0.05) is 11.8 Å². The number of methoxy groups -OCH3 is 2. The molecule has 0 spiro atoms. The van der Waals surface area contributed by atoms with Crippen LogP contribution in [0.15, 0.2) is 76.9 Å². The lowest BCUT2D eigenvalue weighted by atomic mass is 10.2. The standard InChI is InChI=1S/C29H28N4O7S/c1-4-40-28(37)19-6-8-20(9-7-19)31-26(35)16-25-27(36)33(21-10-12-22(34)13-11-21)29(41-25)32-30-17-18-5-14-23(38-2)24(15-18)39-3/h5-15,17,25,34H,4,16H2,1-3H3,(H,31,35). The number of nitrogens with zero attached hydrogens (tertiary/aromatic N) is 3. The maximum Gasteiger partial charge on any atom is 0.338 e. The van der Waals surface area contributed by atoms with Crippen LogP contribution in [0.4, 0.5) is 11.4 Å². The Labute approximate surface area is 240 Å². The van der Waals surface area contributed by atoms with E-state index in [9.17, 15) is 19.5 Å². The number of esters is 1. The molecule has 12 heteroatoms. The van der Waals surface area contributed by atoms with Gasteiger partial charge in [-0.15, -0.1) is 5.10 Å². The number of aromatic hydroxyl groups is 1. The number of amidine groups is 1. The van der Waals surface area contributed by atoms with E-state index in [0.29, 0.717) is 34.0 Å². The van der Waals surface area contributed by atoms with Gasteiger partial charge in [-0.05, 0) is 79.2 Å². The van der Waals surface area contributed by atoms with Crippen molar-refractivity contribution in [2.24, 2.45) is 10.2 Å². The minimum Gasteiger partial charge on any atom is -0.508 e. The van der Waals surface area contributed by atoms with Gasteiger partial charge in [0.25, 0.3) is 0 Å². The molecule has 0 bridgehead atoms. The smallest absolute Gasteiger partial charge is 0.338 e. The Hall–Kier alpha value is -4.84. The van der Waals surface area contributed by atoms with Gasteiger partial charge in [0.1, 0.15) is 11.0 Å². The van der Waals surface area contributed by atoms with Crippen LogP contribution < -0.4 is 19.7 Å². The number of hydrogen-bond acceptors (Lipinski definition) is 10. The maximum atomic E-state index is 13.4. The van der Waals surface area contributed by atoms with Gasteiger partial charge in [-0.3, -0.25) is 14.5 Å². The first-order valence-corrected chi connectivity index (χ1v) is 13.4. The largest absolute Gasteiger partial charge is 0.508 e. The van der Waals surface area contributed by atoms with Crippen LogP contribution in [0.3, 0.4) is 0 Å². The number of rotatable bonds is 10. The van der Waals surface area contributed by atoms with E-state index in [2.05, 4.69) is 15.5 Å². The molecule has 3 aromatic carbocycles. The van der Waals surface area contributed by atoms with Crippen molar-refractivity contribution in [2.75, 3.05) is 31.0 Å². The van der Waals surface area contributed by atoms with Crippen LogP contribution in [0.1, 0.15) is 29.3 Å². The van der Waals surface area contributed by atoms with Crippen molar-refractivity contribution in [3.05, 3.63) is 77.9 Å². The number of anilines is 2. The molecule has 0 radical (unpaired) electrons. The van der Waals surface area contributed by atoms with E-state index in [1.807, 2.05) is 0 Å². The lowest BCUT2D eigenvalue weighted by molar-refractivity contribution is -0.121. The number of ether oxygens (including phenoxy) is 3. The van der Waals surface area contributed by atoms with Crippen LogP contribution in [0.5, 0.6) is 17.2 Å². The monoisotopic (exact) mass is 576 g/mol. The van der Waals surface area contributed by atoms with E-state index in [0.717, 1.165) is 11.8 Å². The van der Waals surface area contributed by atoms with E-state index >= 15 is 0 Å². The van der Waals surface area contributed by atoms with Crippen LogP contribution in [0.2, 0.25) is 0 Å². The molecule has 11 nitrogen and oxygen atoms in total. The third kappa shape index (κ3) is 7.22. The van der Waals surface area contributed by atoms with Crippen LogP contribution in [0, 0.1) is 0 Å². The summed E-state index contributed by atoms with van der Waals surface area (Å²) in [7, 11) is 3.08. The number of benzene rings is 3. The van der Waals surface area contributed by atoms with Crippen molar-refractivity contribution in [3.8, 4) is 17.2 Å². The molecule has 0 aromatic heterocycles. The molecular formula is C29H28N4O7S. The molecule has 1 aliphatic rings. The summed E-state index contributed by atoms with van der Waals surface area (Å²) in [6, 6.07) is 17.6. The van der Waals surface area contributed by atoms with E-state index in [4.69, 9.17) is 14.2 Å². The van der Waals surface area contributed by atoms with Crippen LogP contribution in [-0.4, -0.2) is 60.3 Å². The molecule has 212 valence electrons. The minimum absolute atomic E-state index is 0.0444. The fourth-order valence-corrected chi connectivity index (χ4v) is 4.96. The number of carbonyl (C=O) groups excluding carboxylic acids is 3. The molecule has 2 amide bonds. The summed E-state index contributed by atoms with van der Waals surface area (Å²) in [6.07, 6.45) is 1.38. The Balaban J connectivity index is 1.50. The summed E-state index contributed by atoms with van der Waals surface area (Å²) >= 11 is 1.11. The fourth-order valence-electron chi connectivity index (χ4n) is 3.87. The SMILES string of the molecule is CCOC(=O)c1ccc(NC(=O)CC2SC(=NN=Cc3ccc(OC)c(OC)c3)N(c3ccc(O)cc3)C2=O)cc1. The zero-order valence-electron chi connectivity index (χ0n) is 22.6. The quantitative estimate of drug-likeness (QED) is 0.205. The molecule has 1 unspecified atom stereocenters. The van der Waals surface area contributed by atoms with Gasteiger partial charge in [0.2, 0.25) is 11.8 Å². The summed E-state index contributed by atoms with van der Waals surface area (Å²) in [4.78, 5) is 39.5. The van der Waals surface area contributed by atoms with Gasteiger partial charge in [-0.25, -0.2) is 4.79 Å². The van der Waals surface area contributed by atoms with Gasteiger partial charge < -0.3 is 24.6 Å². The predicted octanol–water partition coefficient (Wildman–Crippen LogP) is 4.45. The Morgan fingerprint density at radius 1 is 1.02 bits per heavy atom. The van der Waals surface area contributed by atoms with Gasteiger partial charge in [0.15, 0.2) is 16.7 Å². The molecule has 1 saturated heterocycles. The summed E-state index contributed by atoms with van der Waals surface area (Å²) in [6.45, 7) is 1.98. The average molecular weight is 577 g/mol. The number of phenolic OH excluding ortho intramolecular Hbond substituents is 1. The van der Waals surface area contributed by atoms with Crippen molar-refractivity contribution in [1.29, 1.82) is 0 Å². The van der Waals surface area contributed by atoms with Crippen molar-refractivity contribution in [1.82, 2.24) is 0 Å². The van der Waals surface area contributed by atoms with E-state index in [1.165, 1.54) is 30.4 Å². The second-order valence-electron chi connectivity index (χ2n) is 8.59. The highest BCUT2D eigenvalue weighted by atomic mass is 32.2. The van der Waals surface area contributed by atoms with Gasteiger partial charge in [-0.2, -0.15) is 5.10 Å². The molecule has 3 aromatic rings. The molecule has 1 heterocycles. The minimum atomic E-state index is -0.766. The van der Waals surface area contributed by atoms with Gasteiger partial charge >= 0.3 is 5.97 Å². The highest BCUT2D eigenvalue weighted by molar-refractivity contribution is 8.16. The first kappa shape index (κ1) is 29.2. The lowest BCUT2D eigenvalue weighted by Crippen LogP contribution is -2.33. The molecule has 1 atom stereocenters. The second kappa shape index (κ2) is 13.5. The molecule has 4 rings (SSSR count). The van der Waals surface area contributed by atoms with E-state index in [-0.39, 0.29) is 35.8 Å². The third-order valence-corrected chi connectivity index (χ3v) is 6.98. The number of hydrogen-bond donors (Lipinski definition) is 2. The zero-order valence-corrected chi connectivity index (χ0v) is 23.4. The Bertz CT molecular complexity index is 1470. The Morgan fingerprint density at radius 3 is 2.39 bits per heavy atom. The van der Waals surface area contributed by atoms with Crippen LogP contribution in [0.25, 0.3) is 0 Å². The average Bonchev–Trinajstić information content (AvgIpc) is 3.27. The first-order chi connectivity index (χ1) is 19.8. The van der Waals surface area contributed by atoms with Crippen LogP contribution >= 0.6 is 11.8 Å². The number of amides is 2. The van der Waals surface area contributed by atoms with Gasteiger partial charge in [0, 0.05) is 12.1 Å². The fraction of sp³-hybridized carbons (Fsp3) is 0.207. The summed E-state index contributed by atoms with van der Waals surface area (Å²) in [5.74, 6) is -0.0467. The molecule has 2 N–H and O–H groups in total.